The Balaban J connectivity index is 0.000000156. The quantitative estimate of drug-likeness (QED) is 0.367. The number of aliphatic hydroxyl groups excluding tert-OH is 3. The molecule has 0 heterocycles. The van der Waals surface area contributed by atoms with Crippen molar-refractivity contribution < 1.29 is 25.2 Å². The largest absolute Gasteiger partial charge is 0.481 e. The first-order valence-electron chi connectivity index (χ1n) is 14.0. The lowest BCUT2D eigenvalue weighted by Gasteiger charge is -2.24. The summed E-state index contributed by atoms with van der Waals surface area (Å²) in [5.74, 6) is 5.20. The fourth-order valence-electron chi connectivity index (χ4n) is 5.64. The molecule has 200 valence electrons. The summed E-state index contributed by atoms with van der Waals surface area (Å²) >= 11 is 0. The van der Waals surface area contributed by atoms with Gasteiger partial charge in [0.2, 0.25) is 0 Å². The number of carbonyl (C=O) groups is 1. The second-order valence-corrected chi connectivity index (χ2v) is 11.2. The van der Waals surface area contributed by atoms with Gasteiger partial charge < -0.3 is 20.4 Å². The minimum absolute atomic E-state index is 0.156. The topological polar surface area (TPSA) is 98.0 Å². The number of aliphatic hydroxyl groups is 3. The number of carboxylic acid groups (broad SMARTS) is 1. The van der Waals surface area contributed by atoms with Crippen molar-refractivity contribution in [3.63, 3.8) is 0 Å². The first kappa shape index (κ1) is 29.8. The van der Waals surface area contributed by atoms with E-state index in [1.165, 1.54) is 57.8 Å². The van der Waals surface area contributed by atoms with Gasteiger partial charge in [-0.05, 0) is 99.7 Å². The molecule has 6 aliphatic rings. The number of fused-ring (bicyclic) bond motifs is 6. The van der Waals surface area contributed by atoms with Crippen molar-refractivity contribution >= 4 is 5.97 Å². The Labute approximate surface area is 213 Å². The van der Waals surface area contributed by atoms with Crippen molar-refractivity contribution in [1.29, 1.82) is 0 Å². The molecular weight excluding hydrogens is 440 g/mol. The highest BCUT2D eigenvalue weighted by Gasteiger charge is 2.27. The van der Waals surface area contributed by atoms with Gasteiger partial charge in [0.05, 0.1) is 19.8 Å². The first-order valence-corrected chi connectivity index (χ1v) is 14.0. The van der Waals surface area contributed by atoms with Crippen LogP contribution in [0.5, 0.6) is 0 Å². The normalized spacial score (nSPS) is 31.6. The molecule has 0 aromatic heterocycles. The van der Waals surface area contributed by atoms with E-state index in [9.17, 15) is 4.79 Å². The van der Waals surface area contributed by atoms with Crippen LogP contribution in [0.3, 0.4) is 0 Å². The van der Waals surface area contributed by atoms with Crippen LogP contribution < -0.4 is 0 Å². The second-order valence-electron chi connectivity index (χ2n) is 11.2. The van der Waals surface area contributed by atoms with Gasteiger partial charge in [-0.25, -0.2) is 0 Å². The number of allylic oxidation sites excluding steroid dienone is 6. The van der Waals surface area contributed by atoms with E-state index in [2.05, 4.69) is 36.5 Å². The second kappa shape index (κ2) is 15.6. The van der Waals surface area contributed by atoms with Gasteiger partial charge in [-0.2, -0.15) is 0 Å². The molecular formula is C30H50O5. The molecule has 0 aromatic rings. The SMILES string of the molecule is C1=CC2CCC1C2.C1=CC2CCC1C2.C1=CC2CCC1C2.CCC(=O)O.CCC(CO)(CO)CO. The highest BCUT2D eigenvalue weighted by molar-refractivity contribution is 5.66. The maximum Gasteiger partial charge on any atom is 0.303 e. The molecule has 0 aliphatic heterocycles. The molecule has 6 atom stereocenters. The Bertz CT molecular complexity index is 573. The molecule has 6 rings (SSSR count). The maximum atomic E-state index is 9.37. The number of hydrogen-bond acceptors (Lipinski definition) is 4. The summed E-state index contributed by atoms with van der Waals surface area (Å²) in [4.78, 5) is 9.37. The molecule has 35 heavy (non-hydrogen) atoms. The van der Waals surface area contributed by atoms with Crippen LogP contribution in [0.15, 0.2) is 36.5 Å². The van der Waals surface area contributed by atoms with E-state index in [1.54, 1.807) is 6.92 Å². The minimum Gasteiger partial charge on any atom is -0.481 e. The summed E-state index contributed by atoms with van der Waals surface area (Å²) in [7, 11) is 0. The van der Waals surface area contributed by atoms with Crippen molar-refractivity contribution in [1.82, 2.24) is 0 Å². The molecule has 3 fully saturated rings. The lowest BCUT2D eigenvalue weighted by Crippen LogP contribution is -2.32. The van der Waals surface area contributed by atoms with Crippen molar-refractivity contribution in [2.75, 3.05) is 19.8 Å². The van der Waals surface area contributed by atoms with E-state index in [0.29, 0.717) is 6.42 Å². The summed E-state index contributed by atoms with van der Waals surface area (Å²) in [6, 6.07) is 0. The summed E-state index contributed by atoms with van der Waals surface area (Å²) in [5.41, 5.74) is -0.667. The Hall–Kier alpha value is -1.43. The van der Waals surface area contributed by atoms with Crippen LogP contribution in [0, 0.1) is 40.9 Å². The molecule has 0 spiro atoms. The zero-order valence-corrected chi connectivity index (χ0v) is 22.0. The van der Waals surface area contributed by atoms with Gasteiger partial charge in [0, 0.05) is 11.8 Å². The minimum atomic E-state index is -0.745. The van der Waals surface area contributed by atoms with E-state index in [-0.39, 0.29) is 26.2 Å². The molecule has 6 unspecified atom stereocenters. The Morgan fingerprint density at radius 2 is 0.857 bits per heavy atom. The van der Waals surface area contributed by atoms with Crippen LogP contribution in [-0.4, -0.2) is 46.2 Å². The van der Waals surface area contributed by atoms with Gasteiger partial charge in [0.1, 0.15) is 0 Å². The lowest BCUT2D eigenvalue weighted by molar-refractivity contribution is -0.136. The molecule has 0 saturated heterocycles. The zero-order chi connectivity index (χ0) is 25.7. The van der Waals surface area contributed by atoms with Crippen LogP contribution in [-0.2, 0) is 4.79 Å². The van der Waals surface area contributed by atoms with Crippen LogP contribution >= 0.6 is 0 Å². The van der Waals surface area contributed by atoms with Gasteiger partial charge in [0.25, 0.3) is 0 Å². The summed E-state index contributed by atoms with van der Waals surface area (Å²) in [5, 5.41) is 33.7. The highest BCUT2D eigenvalue weighted by Crippen LogP contribution is 2.39. The number of hydrogen-bond donors (Lipinski definition) is 4. The van der Waals surface area contributed by atoms with E-state index in [1.807, 2.05) is 6.92 Å². The van der Waals surface area contributed by atoms with Crippen LogP contribution in [0.2, 0.25) is 0 Å². The fraction of sp³-hybridized carbons (Fsp3) is 0.767. The molecule has 3 saturated carbocycles. The maximum absolute atomic E-state index is 9.37. The average molecular weight is 491 g/mol. The van der Waals surface area contributed by atoms with Gasteiger partial charge in [0.15, 0.2) is 0 Å². The van der Waals surface area contributed by atoms with E-state index >= 15 is 0 Å². The van der Waals surface area contributed by atoms with E-state index in [4.69, 9.17) is 20.4 Å². The predicted molar refractivity (Wildman–Crippen MR) is 142 cm³/mol. The summed E-state index contributed by atoms with van der Waals surface area (Å²) in [6.07, 6.45) is 28.4. The number of rotatable bonds is 5. The van der Waals surface area contributed by atoms with Crippen LogP contribution in [0.4, 0.5) is 0 Å². The molecule has 5 heteroatoms. The molecule has 0 amide bonds. The molecule has 4 N–H and O–H groups in total. The van der Waals surface area contributed by atoms with E-state index in [0.717, 1.165) is 35.5 Å². The Morgan fingerprint density at radius 3 is 0.886 bits per heavy atom. The van der Waals surface area contributed by atoms with Gasteiger partial charge in [-0.3, -0.25) is 4.79 Å². The first-order chi connectivity index (χ1) is 16.9. The highest BCUT2D eigenvalue weighted by atomic mass is 16.4. The molecule has 6 aliphatic carbocycles. The number of carboxylic acids is 1. The Morgan fingerprint density at radius 1 is 0.629 bits per heavy atom. The van der Waals surface area contributed by atoms with Gasteiger partial charge >= 0.3 is 5.97 Å². The Kier molecular flexibility index (Phi) is 13.3. The molecule has 6 bridgehead atoms. The van der Waals surface area contributed by atoms with Crippen molar-refractivity contribution in [2.45, 2.75) is 84.5 Å². The monoisotopic (exact) mass is 490 g/mol. The van der Waals surface area contributed by atoms with Crippen molar-refractivity contribution in [3.8, 4) is 0 Å². The number of aliphatic carboxylic acids is 1. The molecule has 5 nitrogen and oxygen atoms in total. The smallest absolute Gasteiger partial charge is 0.303 e. The predicted octanol–water partition coefficient (Wildman–Crippen LogP) is 5.76. The average Bonchev–Trinajstić information content (AvgIpc) is 3.76. The summed E-state index contributed by atoms with van der Waals surface area (Å²) in [6.45, 7) is 2.95. The zero-order valence-electron chi connectivity index (χ0n) is 22.0. The lowest BCUT2D eigenvalue weighted by atomic mass is 9.88. The third-order valence-electron chi connectivity index (χ3n) is 8.57. The van der Waals surface area contributed by atoms with Gasteiger partial charge in [-0.15, -0.1) is 0 Å². The van der Waals surface area contributed by atoms with Crippen LogP contribution in [0.25, 0.3) is 0 Å². The molecule has 0 radical (unpaired) electrons. The third kappa shape index (κ3) is 10.2. The molecule has 0 aromatic carbocycles. The van der Waals surface area contributed by atoms with E-state index < -0.39 is 11.4 Å². The van der Waals surface area contributed by atoms with Crippen LogP contribution in [0.1, 0.15) is 84.5 Å². The standard InChI is InChI=1S/3C7H10.C6H14O3.C3H6O2/c3*1-2-7-4-3-6(1)5-7;1-2-6(3-7,4-8)5-9;1-2-3(4)5/h3*1-2,6-7H,3-5H2;7-9H,2-5H2,1H3;2H2,1H3,(H,4,5). The van der Waals surface area contributed by atoms with Gasteiger partial charge in [-0.1, -0.05) is 50.3 Å². The fourth-order valence-corrected chi connectivity index (χ4v) is 5.64. The summed E-state index contributed by atoms with van der Waals surface area (Å²) < 4.78 is 0. The van der Waals surface area contributed by atoms with Crippen molar-refractivity contribution in [3.05, 3.63) is 36.5 Å². The van der Waals surface area contributed by atoms with Crippen molar-refractivity contribution in [2.24, 2.45) is 40.9 Å². The third-order valence-corrected chi connectivity index (χ3v) is 8.57.